The van der Waals surface area contributed by atoms with Crippen molar-refractivity contribution in [3.8, 4) is 39.5 Å². The number of fused-ring (bicyclic) bond motifs is 2. The van der Waals surface area contributed by atoms with E-state index in [4.69, 9.17) is 4.42 Å². The standard InChI is InChI=1S/C56H59N8O3S/c1-38-12-16-44(17-13-38)68-55-53(63-32-22-40(23-33-63)58(4)5)50(51(56(65)66)52(62-30-20-39(21-31-62)57(2)3)54(55)64-34-24-41(25-35-64)59(6)7)49-45-18-14-42(60-26-8-9-27-60)36-47(45)67-48-37-43(15-19-46(48)49)61-28-10-11-29-61/h12-25,30-37H,8-11,26-29H2,1-7H3/q+3/p+1. The molecular weight excluding hydrogens is 865 g/mol. The Hall–Kier alpha value is -7.18. The molecular formula is C56H60N8O3S+4. The average molecular weight is 925 g/mol. The van der Waals surface area contributed by atoms with Gasteiger partial charge in [0.05, 0.1) is 11.6 Å². The molecule has 0 radical (unpaired) electrons. The molecule has 1 N–H and O–H groups in total. The molecule has 0 bridgehead atoms. The van der Waals surface area contributed by atoms with Crippen LogP contribution >= 0.6 is 11.8 Å². The van der Waals surface area contributed by atoms with E-state index < -0.39 is 5.97 Å². The predicted molar refractivity (Wildman–Crippen MR) is 274 cm³/mol. The summed E-state index contributed by atoms with van der Waals surface area (Å²) in [6, 6.07) is 34.0. The van der Waals surface area contributed by atoms with Crippen LogP contribution in [0.15, 0.2) is 148 Å². The molecule has 12 heteroatoms. The van der Waals surface area contributed by atoms with Crippen LogP contribution in [0.25, 0.3) is 50.5 Å². The van der Waals surface area contributed by atoms with Gasteiger partial charge < -0.3 is 29.1 Å². The maximum absolute atomic E-state index is 15.0. The van der Waals surface area contributed by atoms with E-state index in [0.29, 0.717) is 22.6 Å². The first-order valence-corrected chi connectivity index (χ1v) is 24.4. The summed E-state index contributed by atoms with van der Waals surface area (Å²) in [5.74, 6) is -0.338. The molecule has 0 saturated carbocycles. The van der Waals surface area contributed by atoms with E-state index >= 15 is 0 Å². The van der Waals surface area contributed by atoms with Crippen LogP contribution in [-0.2, 0) is 0 Å². The fraction of sp³-hybridized carbons (Fsp3) is 0.268. The van der Waals surface area contributed by atoms with Crippen LogP contribution in [0.1, 0.15) is 41.6 Å². The van der Waals surface area contributed by atoms with Crippen LogP contribution in [0.5, 0.6) is 0 Å². The number of aryl methyl sites for hydroxylation is 1. The Kier molecular flexibility index (Phi) is 12.1. The van der Waals surface area contributed by atoms with Crippen LogP contribution in [0.4, 0.5) is 22.7 Å². The summed E-state index contributed by atoms with van der Waals surface area (Å²) in [7, 11) is 12.1. The van der Waals surface area contributed by atoms with Crippen molar-refractivity contribution in [2.45, 2.75) is 42.4 Å². The second-order valence-electron chi connectivity index (χ2n) is 18.6. The lowest BCUT2D eigenvalue weighted by atomic mass is 9.87. The van der Waals surface area contributed by atoms with E-state index in [-0.39, 0.29) is 5.56 Å². The van der Waals surface area contributed by atoms with Gasteiger partial charge in [-0.2, -0.15) is 13.7 Å². The Morgan fingerprint density at radius 2 is 1.16 bits per heavy atom. The number of carboxylic acid groups (broad SMARTS) is 1. The van der Waals surface area contributed by atoms with E-state index in [1.807, 2.05) is 83.8 Å². The van der Waals surface area contributed by atoms with Crippen molar-refractivity contribution in [2.24, 2.45) is 0 Å². The van der Waals surface area contributed by atoms with Gasteiger partial charge in [0.15, 0.2) is 47.6 Å². The number of rotatable bonds is 11. The molecule has 0 amide bonds. The highest BCUT2D eigenvalue weighted by Gasteiger charge is 2.44. The molecule has 0 unspecified atom stereocenters. The van der Waals surface area contributed by atoms with Crippen molar-refractivity contribution >= 4 is 51.4 Å². The normalized spacial score (nSPS) is 13.8. The zero-order chi connectivity index (χ0) is 47.2. The second-order valence-corrected chi connectivity index (χ2v) is 19.7. The van der Waals surface area contributed by atoms with Gasteiger partial charge in [0.25, 0.3) is 5.69 Å². The second kappa shape index (κ2) is 18.5. The van der Waals surface area contributed by atoms with Crippen LogP contribution in [0.2, 0.25) is 0 Å². The van der Waals surface area contributed by atoms with Gasteiger partial charge in [0.2, 0.25) is 11.0 Å². The minimum Gasteiger partial charge on any atom is -0.477 e. The van der Waals surface area contributed by atoms with E-state index in [9.17, 15) is 9.90 Å². The summed E-state index contributed by atoms with van der Waals surface area (Å²) >= 11 is 1.64. The highest BCUT2D eigenvalue weighted by Crippen LogP contribution is 2.49. The minimum absolute atomic E-state index is 0.167. The molecule has 3 aromatic heterocycles. The Morgan fingerprint density at radius 3 is 1.71 bits per heavy atom. The van der Waals surface area contributed by atoms with Crippen molar-refractivity contribution in [2.75, 3.05) is 88.1 Å². The van der Waals surface area contributed by atoms with Gasteiger partial charge in [0, 0.05) is 161 Å². The topological polar surface area (TPSA) is 78.0 Å². The van der Waals surface area contributed by atoms with Gasteiger partial charge in [-0.3, -0.25) is 0 Å². The Morgan fingerprint density at radius 1 is 0.618 bits per heavy atom. The van der Waals surface area contributed by atoms with Crippen LogP contribution in [0, 0.1) is 6.92 Å². The third-order valence-corrected chi connectivity index (χ3v) is 14.6. The average Bonchev–Trinajstić information content (AvgIpc) is 4.10. The number of nitrogens with zero attached hydrogens (tertiary/aromatic N) is 8. The van der Waals surface area contributed by atoms with Gasteiger partial charge >= 0.3 is 11.7 Å². The summed E-state index contributed by atoms with van der Waals surface area (Å²) in [5.41, 5.74) is 10.4. The SMILES string of the molecule is Cc1ccc(Sc2c(-[n+]3ccc(N(C)C)cc3)c(-c3c4ccc(=[N+]5CCCC5)cc-4oc4cc(N5CCCC5)ccc34)c(C(=O)O)c(-[n+]3ccc(N(C)C)cc3)c2-[n+]2ccc(N(C)C)cc2)cc1. The maximum atomic E-state index is 15.0. The molecule has 1 aliphatic carbocycles. The Bertz CT molecular complexity index is 3200. The molecule has 0 atom stereocenters. The molecule has 2 saturated heterocycles. The lowest BCUT2D eigenvalue weighted by molar-refractivity contribution is -0.637. The Balaban J connectivity index is 1.44. The quantitative estimate of drug-likeness (QED) is 0.102. The highest BCUT2D eigenvalue weighted by molar-refractivity contribution is 7.99. The van der Waals surface area contributed by atoms with Crippen LogP contribution in [0.3, 0.4) is 0 Å². The van der Waals surface area contributed by atoms with Crippen molar-refractivity contribution in [1.29, 1.82) is 0 Å². The van der Waals surface area contributed by atoms with Crippen LogP contribution in [-0.4, -0.2) is 79.5 Å². The molecule has 6 aromatic rings. The fourth-order valence-corrected chi connectivity index (χ4v) is 10.9. The summed E-state index contributed by atoms with van der Waals surface area (Å²) < 4.78 is 15.7. The van der Waals surface area contributed by atoms with E-state index in [2.05, 4.69) is 138 Å². The van der Waals surface area contributed by atoms with Crippen LogP contribution < -0.4 is 43.2 Å². The summed E-state index contributed by atoms with van der Waals surface area (Å²) in [5, 5.41) is 14.2. The van der Waals surface area contributed by atoms with E-state index in [1.54, 1.807) is 11.8 Å². The monoisotopic (exact) mass is 924 g/mol. The number of pyridine rings is 3. The molecule has 11 nitrogen and oxygen atoms in total. The van der Waals surface area contributed by atoms with Gasteiger partial charge in [-0.15, -0.1) is 0 Å². The largest absolute Gasteiger partial charge is 0.477 e. The fourth-order valence-electron chi connectivity index (χ4n) is 9.78. The van der Waals surface area contributed by atoms with Crippen molar-refractivity contribution in [3.05, 3.63) is 151 Å². The van der Waals surface area contributed by atoms with Gasteiger partial charge in [0.1, 0.15) is 24.4 Å². The molecule has 3 aliphatic heterocycles. The lowest BCUT2D eigenvalue weighted by Gasteiger charge is -2.22. The van der Waals surface area contributed by atoms with Crippen molar-refractivity contribution in [3.63, 3.8) is 0 Å². The lowest BCUT2D eigenvalue weighted by Crippen LogP contribution is -2.43. The zero-order valence-electron chi connectivity index (χ0n) is 40.1. The minimum atomic E-state index is -1.05. The van der Waals surface area contributed by atoms with Crippen molar-refractivity contribution in [1.82, 2.24) is 4.58 Å². The molecule has 344 valence electrons. The molecule has 0 spiro atoms. The number of aromatic carboxylic acids is 1. The molecule has 6 heterocycles. The first-order chi connectivity index (χ1) is 32.9. The summed E-state index contributed by atoms with van der Waals surface area (Å²) in [4.78, 5) is 25.5. The van der Waals surface area contributed by atoms with Gasteiger partial charge in [-0.05, 0) is 50.1 Å². The molecule has 4 aliphatic rings. The van der Waals surface area contributed by atoms with E-state index in [1.165, 1.54) is 0 Å². The highest BCUT2D eigenvalue weighted by atomic mass is 32.2. The molecule has 3 aromatic carbocycles. The van der Waals surface area contributed by atoms with Crippen molar-refractivity contribution < 1.29 is 28.0 Å². The molecule has 10 rings (SSSR count). The number of anilines is 4. The third kappa shape index (κ3) is 8.42. The maximum Gasteiger partial charge on any atom is 0.343 e. The number of benzene rings is 4. The number of aromatic nitrogens is 3. The predicted octanol–water partition coefficient (Wildman–Crippen LogP) is 8.56. The number of carbonyl (C=O) groups is 1. The number of hydrogen-bond donors (Lipinski definition) is 1. The van der Waals surface area contributed by atoms with Gasteiger partial charge in [-0.1, -0.05) is 29.5 Å². The van der Waals surface area contributed by atoms with E-state index in [0.717, 1.165) is 123 Å². The Labute approximate surface area is 403 Å². The zero-order valence-corrected chi connectivity index (χ0v) is 40.9. The summed E-state index contributed by atoms with van der Waals surface area (Å²) in [6.07, 6.45) is 16.8. The first-order valence-electron chi connectivity index (χ1n) is 23.6. The van der Waals surface area contributed by atoms with Gasteiger partial charge in [-0.25, -0.2) is 9.37 Å². The number of hydrogen-bond acceptors (Lipinski definition) is 7. The summed E-state index contributed by atoms with van der Waals surface area (Å²) in [6.45, 7) is 6.04. The first kappa shape index (κ1) is 44.6. The smallest absolute Gasteiger partial charge is 0.343 e. The molecule has 2 fully saturated rings. The molecule has 68 heavy (non-hydrogen) atoms. The number of carboxylic acids is 1. The third-order valence-electron chi connectivity index (χ3n) is 13.5.